The lowest BCUT2D eigenvalue weighted by molar-refractivity contribution is -0.137. The summed E-state index contributed by atoms with van der Waals surface area (Å²) in [7, 11) is -3.49. The normalized spacial score (nSPS) is 17.0. The average molecular weight is 325 g/mol. The lowest BCUT2D eigenvalue weighted by Crippen LogP contribution is -2.42. The third-order valence-corrected chi connectivity index (χ3v) is 5.90. The minimum absolute atomic E-state index is 0.0623. The number of carboxylic acid groups (broad SMARTS) is 1. The van der Waals surface area contributed by atoms with Crippen molar-refractivity contribution >= 4 is 16.0 Å². The van der Waals surface area contributed by atoms with E-state index in [1.54, 1.807) is 24.3 Å². The Morgan fingerprint density at radius 1 is 1.27 bits per heavy atom. The second-order valence-electron chi connectivity index (χ2n) is 6.24. The van der Waals surface area contributed by atoms with Crippen molar-refractivity contribution in [1.82, 2.24) is 4.72 Å². The summed E-state index contributed by atoms with van der Waals surface area (Å²) in [6.07, 6.45) is 4.51. The highest BCUT2D eigenvalue weighted by molar-refractivity contribution is 7.89. The van der Waals surface area contributed by atoms with Crippen molar-refractivity contribution in [3.8, 4) is 0 Å². The predicted octanol–water partition coefficient (Wildman–Crippen LogP) is 2.70. The average Bonchev–Trinajstić information content (AvgIpc) is 2.41. The van der Waals surface area contributed by atoms with E-state index >= 15 is 0 Å². The van der Waals surface area contributed by atoms with E-state index in [-0.39, 0.29) is 16.7 Å². The molecule has 0 unspecified atom stereocenters. The molecule has 1 aliphatic rings. The standard InChI is InChI=1S/C16H23NO4S/c1-13-5-7-14(8-6-13)22(20,21)17-12-16(10-3-11-16)9-2-4-15(18)19/h5-8,17H,2-4,9-12H2,1H3,(H,18,19). The zero-order valence-electron chi connectivity index (χ0n) is 12.8. The number of nitrogens with one attached hydrogen (secondary N) is 1. The van der Waals surface area contributed by atoms with Gasteiger partial charge < -0.3 is 5.11 Å². The fourth-order valence-corrected chi connectivity index (χ4v) is 4.01. The first-order valence-electron chi connectivity index (χ1n) is 7.61. The highest BCUT2D eigenvalue weighted by Crippen LogP contribution is 2.44. The number of hydrogen-bond acceptors (Lipinski definition) is 3. The smallest absolute Gasteiger partial charge is 0.303 e. The Morgan fingerprint density at radius 2 is 1.91 bits per heavy atom. The third kappa shape index (κ3) is 4.30. The fourth-order valence-electron chi connectivity index (χ4n) is 2.86. The second-order valence-corrected chi connectivity index (χ2v) is 8.01. The van der Waals surface area contributed by atoms with Crippen molar-refractivity contribution in [2.24, 2.45) is 5.41 Å². The molecule has 0 atom stereocenters. The van der Waals surface area contributed by atoms with Gasteiger partial charge in [0.05, 0.1) is 4.90 Å². The lowest BCUT2D eigenvalue weighted by Gasteiger charge is -2.42. The van der Waals surface area contributed by atoms with Crippen molar-refractivity contribution in [2.75, 3.05) is 6.54 Å². The molecule has 1 aromatic rings. The maximum atomic E-state index is 12.3. The van der Waals surface area contributed by atoms with Crippen LogP contribution in [-0.2, 0) is 14.8 Å². The number of carboxylic acids is 1. The molecule has 0 bridgehead atoms. The molecule has 1 fully saturated rings. The molecular weight excluding hydrogens is 302 g/mol. The topological polar surface area (TPSA) is 83.5 Å². The van der Waals surface area contributed by atoms with Crippen LogP contribution in [0.15, 0.2) is 29.2 Å². The van der Waals surface area contributed by atoms with E-state index in [0.29, 0.717) is 13.0 Å². The summed E-state index contributed by atoms with van der Waals surface area (Å²) in [5, 5.41) is 8.72. The molecule has 22 heavy (non-hydrogen) atoms. The monoisotopic (exact) mass is 325 g/mol. The molecule has 5 nitrogen and oxygen atoms in total. The Kier molecular flexibility index (Phi) is 5.24. The maximum Gasteiger partial charge on any atom is 0.303 e. The second kappa shape index (κ2) is 6.79. The number of sulfonamides is 1. The summed E-state index contributed by atoms with van der Waals surface area (Å²) >= 11 is 0. The van der Waals surface area contributed by atoms with Crippen molar-refractivity contribution in [1.29, 1.82) is 0 Å². The van der Waals surface area contributed by atoms with Gasteiger partial charge in [0.25, 0.3) is 0 Å². The van der Waals surface area contributed by atoms with Crippen molar-refractivity contribution in [3.05, 3.63) is 29.8 Å². The number of aryl methyl sites for hydroxylation is 1. The molecule has 1 aliphatic carbocycles. The maximum absolute atomic E-state index is 12.3. The van der Waals surface area contributed by atoms with Crippen LogP contribution < -0.4 is 4.72 Å². The summed E-state index contributed by atoms with van der Waals surface area (Å²) in [6, 6.07) is 6.77. The Morgan fingerprint density at radius 3 is 2.41 bits per heavy atom. The van der Waals surface area contributed by atoms with Gasteiger partial charge in [-0.1, -0.05) is 24.1 Å². The summed E-state index contributed by atoms with van der Waals surface area (Å²) in [6.45, 7) is 2.30. The molecule has 0 radical (unpaired) electrons. The van der Waals surface area contributed by atoms with E-state index in [2.05, 4.69) is 4.72 Å². The van der Waals surface area contributed by atoms with Gasteiger partial charge in [-0.3, -0.25) is 4.79 Å². The lowest BCUT2D eigenvalue weighted by atomic mass is 9.66. The van der Waals surface area contributed by atoms with Crippen molar-refractivity contribution in [3.63, 3.8) is 0 Å². The van der Waals surface area contributed by atoms with E-state index in [1.165, 1.54) is 0 Å². The Balaban J connectivity index is 1.94. The SMILES string of the molecule is Cc1ccc(S(=O)(=O)NCC2(CCCC(=O)O)CCC2)cc1. The molecule has 2 rings (SSSR count). The van der Waals surface area contributed by atoms with Crippen molar-refractivity contribution < 1.29 is 18.3 Å². The highest BCUT2D eigenvalue weighted by atomic mass is 32.2. The molecule has 0 spiro atoms. The van der Waals surface area contributed by atoms with Crippen LogP contribution >= 0.6 is 0 Å². The van der Waals surface area contributed by atoms with Gasteiger partial charge in [0.1, 0.15) is 0 Å². The Hall–Kier alpha value is -1.40. The van der Waals surface area contributed by atoms with Gasteiger partial charge in [0.2, 0.25) is 10.0 Å². The summed E-state index contributed by atoms with van der Waals surface area (Å²) in [4.78, 5) is 10.9. The summed E-state index contributed by atoms with van der Waals surface area (Å²) in [5.41, 5.74) is 0.954. The van der Waals surface area contributed by atoms with Crippen LogP contribution in [0.2, 0.25) is 0 Å². The first kappa shape index (κ1) is 17.0. The van der Waals surface area contributed by atoms with Crippen LogP contribution in [0.4, 0.5) is 0 Å². The van der Waals surface area contributed by atoms with Gasteiger partial charge in [-0.15, -0.1) is 0 Å². The predicted molar refractivity (Wildman–Crippen MR) is 84.1 cm³/mol. The first-order valence-corrected chi connectivity index (χ1v) is 9.10. The minimum Gasteiger partial charge on any atom is -0.481 e. The van der Waals surface area contributed by atoms with E-state index in [4.69, 9.17) is 5.11 Å². The first-order chi connectivity index (χ1) is 10.3. The summed E-state index contributed by atoms with van der Waals surface area (Å²) < 4.78 is 27.3. The molecule has 1 aromatic carbocycles. The van der Waals surface area contributed by atoms with Crippen LogP contribution in [0.5, 0.6) is 0 Å². The van der Waals surface area contributed by atoms with Crippen LogP contribution in [0.25, 0.3) is 0 Å². The van der Waals surface area contributed by atoms with Crippen LogP contribution in [-0.4, -0.2) is 26.0 Å². The largest absolute Gasteiger partial charge is 0.481 e. The molecule has 0 saturated heterocycles. The van der Waals surface area contributed by atoms with Crippen molar-refractivity contribution in [2.45, 2.75) is 50.3 Å². The van der Waals surface area contributed by atoms with E-state index < -0.39 is 16.0 Å². The third-order valence-electron chi connectivity index (χ3n) is 4.48. The quantitative estimate of drug-likeness (QED) is 0.770. The molecule has 0 amide bonds. The Labute approximate surface area is 131 Å². The van der Waals surface area contributed by atoms with Crippen LogP contribution in [0, 0.1) is 12.3 Å². The van der Waals surface area contributed by atoms with Gasteiger partial charge in [-0.25, -0.2) is 13.1 Å². The summed E-state index contributed by atoms with van der Waals surface area (Å²) in [5.74, 6) is -0.797. The van der Waals surface area contributed by atoms with Crippen LogP contribution in [0.1, 0.15) is 44.1 Å². The number of aliphatic carboxylic acids is 1. The van der Waals surface area contributed by atoms with E-state index in [0.717, 1.165) is 31.2 Å². The fraction of sp³-hybridized carbons (Fsp3) is 0.562. The van der Waals surface area contributed by atoms with Gasteiger partial charge in [-0.05, 0) is 50.2 Å². The number of benzene rings is 1. The minimum atomic E-state index is -3.49. The highest BCUT2D eigenvalue weighted by Gasteiger charge is 2.37. The molecule has 122 valence electrons. The molecule has 0 aromatic heterocycles. The molecule has 6 heteroatoms. The number of rotatable bonds is 8. The molecule has 0 aliphatic heterocycles. The van der Waals surface area contributed by atoms with Gasteiger partial charge in [0, 0.05) is 13.0 Å². The van der Waals surface area contributed by atoms with Gasteiger partial charge >= 0.3 is 5.97 Å². The molecular formula is C16H23NO4S. The van der Waals surface area contributed by atoms with E-state index in [9.17, 15) is 13.2 Å². The molecule has 1 saturated carbocycles. The van der Waals surface area contributed by atoms with Gasteiger partial charge in [-0.2, -0.15) is 0 Å². The molecule has 2 N–H and O–H groups in total. The Bertz CT molecular complexity index is 618. The zero-order valence-corrected chi connectivity index (χ0v) is 13.7. The molecule has 0 heterocycles. The number of carbonyl (C=O) groups is 1. The zero-order chi connectivity index (χ0) is 16.2. The number of hydrogen-bond donors (Lipinski definition) is 2. The van der Waals surface area contributed by atoms with Gasteiger partial charge in [0.15, 0.2) is 0 Å². The van der Waals surface area contributed by atoms with Crippen LogP contribution in [0.3, 0.4) is 0 Å². The van der Waals surface area contributed by atoms with E-state index in [1.807, 2.05) is 6.92 Å².